The van der Waals surface area contributed by atoms with E-state index in [2.05, 4.69) is 10.6 Å². The Hall–Kier alpha value is -1.30. The minimum Gasteiger partial charge on any atom is -0.481 e. The highest BCUT2D eigenvalue weighted by Crippen LogP contribution is 2.30. The first-order chi connectivity index (χ1) is 8.50. The van der Waals surface area contributed by atoms with Crippen molar-refractivity contribution in [1.82, 2.24) is 10.6 Å². The highest BCUT2D eigenvalue weighted by molar-refractivity contribution is 5.79. The molecule has 0 radical (unpaired) electrons. The van der Waals surface area contributed by atoms with Gasteiger partial charge in [-0.25, -0.2) is 4.79 Å². The monoisotopic (exact) mass is 274 g/mol. The van der Waals surface area contributed by atoms with Gasteiger partial charge in [-0.1, -0.05) is 0 Å². The third-order valence-corrected chi connectivity index (χ3v) is 3.36. The largest absolute Gasteiger partial charge is 0.481 e. The topological polar surface area (TPSA) is 87.7 Å². The molecule has 0 aliphatic carbocycles. The molecule has 6 heteroatoms. The van der Waals surface area contributed by atoms with Gasteiger partial charge in [-0.15, -0.1) is 0 Å². The molecule has 0 unspecified atom stereocenters. The fourth-order valence-corrected chi connectivity index (χ4v) is 1.21. The van der Waals surface area contributed by atoms with E-state index < -0.39 is 23.0 Å². The summed E-state index contributed by atoms with van der Waals surface area (Å²) in [4.78, 5) is 22.9. The number of rotatable bonds is 7. The van der Waals surface area contributed by atoms with Crippen LogP contribution in [0.5, 0.6) is 0 Å². The van der Waals surface area contributed by atoms with Crippen LogP contribution in [-0.2, 0) is 9.53 Å². The van der Waals surface area contributed by atoms with E-state index in [4.69, 9.17) is 4.74 Å². The summed E-state index contributed by atoms with van der Waals surface area (Å²) < 4.78 is 5.29. The number of carbonyl (C=O) groups is 2. The highest BCUT2D eigenvalue weighted by Gasteiger charge is 2.44. The SMILES string of the molecule is CC(C)OCCNC(=O)NC(C)(C)C(C)(C)C(=O)O. The van der Waals surface area contributed by atoms with E-state index in [0.717, 1.165) is 0 Å². The minimum atomic E-state index is -1.07. The van der Waals surface area contributed by atoms with Crippen molar-refractivity contribution < 1.29 is 19.4 Å². The summed E-state index contributed by atoms with van der Waals surface area (Å²) in [5.41, 5.74) is -1.94. The lowest BCUT2D eigenvalue weighted by atomic mass is 9.74. The Labute approximate surface area is 114 Å². The van der Waals surface area contributed by atoms with Gasteiger partial charge in [0, 0.05) is 6.54 Å². The maximum atomic E-state index is 11.7. The maximum Gasteiger partial charge on any atom is 0.315 e. The standard InChI is InChI=1S/C13H26N2O4/c1-9(2)19-8-7-14-11(18)15-13(5,6)12(3,4)10(16)17/h9H,7-8H2,1-6H3,(H,16,17)(H2,14,15,18). The van der Waals surface area contributed by atoms with E-state index in [1.807, 2.05) is 13.8 Å². The molecule has 2 amide bonds. The first-order valence-corrected chi connectivity index (χ1v) is 6.41. The third kappa shape index (κ3) is 5.46. The van der Waals surface area contributed by atoms with E-state index in [-0.39, 0.29) is 6.10 Å². The Morgan fingerprint density at radius 1 is 1.21 bits per heavy atom. The smallest absolute Gasteiger partial charge is 0.315 e. The summed E-state index contributed by atoms with van der Waals surface area (Å²) >= 11 is 0. The van der Waals surface area contributed by atoms with Crippen LogP contribution in [0.25, 0.3) is 0 Å². The Kier molecular flexibility index (Phi) is 6.29. The third-order valence-electron chi connectivity index (χ3n) is 3.36. The number of ether oxygens (including phenoxy) is 1. The first-order valence-electron chi connectivity index (χ1n) is 6.41. The molecule has 0 aliphatic heterocycles. The molecule has 6 nitrogen and oxygen atoms in total. The number of aliphatic carboxylic acids is 1. The van der Waals surface area contributed by atoms with Crippen LogP contribution in [0.15, 0.2) is 0 Å². The molecule has 0 spiro atoms. The Balaban J connectivity index is 4.28. The van der Waals surface area contributed by atoms with Gasteiger partial charge in [-0.3, -0.25) is 4.79 Å². The number of urea groups is 1. The van der Waals surface area contributed by atoms with E-state index in [1.165, 1.54) is 0 Å². The lowest BCUT2D eigenvalue weighted by Gasteiger charge is -2.38. The van der Waals surface area contributed by atoms with Crippen LogP contribution in [0.4, 0.5) is 4.79 Å². The summed E-state index contributed by atoms with van der Waals surface area (Å²) in [6, 6.07) is -0.397. The Morgan fingerprint density at radius 3 is 2.16 bits per heavy atom. The number of carbonyl (C=O) groups excluding carboxylic acids is 1. The Bertz CT molecular complexity index is 325. The second-order valence-electron chi connectivity index (χ2n) is 5.86. The van der Waals surface area contributed by atoms with E-state index >= 15 is 0 Å². The molecule has 0 fully saturated rings. The van der Waals surface area contributed by atoms with Gasteiger partial charge in [0.2, 0.25) is 0 Å². The summed E-state index contributed by atoms with van der Waals surface area (Å²) in [5.74, 6) is -0.957. The normalized spacial score (nSPS) is 12.4. The molecular weight excluding hydrogens is 248 g/mol. The van der Waals surface area contributed by atoms with Crippen LogP contribution < -0.4 is 10.6 Å². The summed E-state index contributed by atoms with van der Waals surface area (Å²) in [6.45, 7) is 11.2. The molecule has 0 rings (SSSR count). The predicted molar refractivity (Wildman–Crippen MR) is 73.1 cm³/mol. The fraction of sp³-hybridized carbons (Fsp3) is 0.846. The van der Waals surface area contributed by atoms with Gasteiger partial charge in [-0.2, -0.15) is 0 Å². The lowest BCUT2D eigenvalue weighted by Crippen LogP contribution is -2.59. The van der Waals surface area contributed by atoms with Crippen molar-refractivity contribution in [2.24, 2.45) is 5.41 Å². The molecule has 0 bridgehead atoms. The van der Waals surface area contributed by atoms with Crippen molar-refractivity contribution in [2.45, 2.75) is 53.2 Å². The lowest BCUT2D eigenvalue weighted by molar-refractivity contribution is -0.150. The average Bonchev–Trinajstić information content (AvgIpc) is 2.23. The minimum absolute atomic E-state index is 0.118. The van der Waals surface area contributed by atoms with Gasteiger partial charge in [0.05, 0.1) is 23.7 Å². The van der Waals surface area contributed by atoms with Gasteiger partial charge in [0.1, 0.15) is 0 Å². The molecule has 112 valence electrons. The molecule has 0 aromatic carbocycles. The zero-order chi connectivity index (χ0) is 15.3. The highest BCUT2D eigenvalue weighted by atomic mass is 16.5. The predicted octanol–water partition coefficient (Wildman–Crippen LogP) is 1.60. The zero-order valence-corrected chi connectivity index (χ0v) is 12.7. The number of carboxylic acid groups (broad SMARTS) is 1. The number of hydrogen-bond acceptors (Lipinski definition) is 3. The van der Waals surface area contributed by atoms with E-state index in [9.17, 15) is 14.7 Å². The summed E-state index contributed by atoms with van der Waals surface area (Å²) in [5, 5.41) is 14.5. The van der Waals surface area contributed by atoms with Crippen LogP contribution in [-0.4, -0.2) is 41.9 Å². The molecule has 0 atom stereocenters. The molecule has 19 heavy (non-hydrogen) atoms. The van der Waals surface area contributed by atoms with Crippen LogP contribution in [0.3, 0.4) is 0 Å². The Morgan fingerprint density at radius 2 is 1.74 bits per heavy atom. The van der Waals surface area contributed by atoms with Crippen LogP contribution in [0, 0.1) is 5.41 Å². The van der Waals surface area contributed by atoms with Gasteiger partial charge in [0.25, 0.3) is 0 Å². The molecular formula is C13H26N2O4. The number of hydrogen-bond donors (Lipinski definition) is 3. The van der Waals surface area contributed by atoms with Gasteiger partial charge in [-0.05, 0) is 41.5 Å². The van der Waals surface area contributed by atoms with Crippen molar-refractivity contribution >= 4 is 12.0 Å². The zero-order valence-electron chi connectivity index (χ0n) is 12.7. The van der Waals surface area contributed by atoms with E-state index in [1.54, 1.807) is 27.7 Å². The second kappa shape index (κ2) is 6.75. The van der Waals surface area contributed by atoms with Crippen molar-refractivity contribution in [3.8, 4) is 0 Å². The number of amides is 2. The van der Waals surface area contributed by atoms with Crippen LogP contribution in [0.2, 0.25) is 0 Å². The number of nitrogens with one attached hydrogen (secondary N) is 2. The first kappa shape index (κ1) is 17.7. The van der Waals surface area contributed by atoms with Gasteiger partial charge >= 0.3 is 12.0 Å². The average molecular weight is 274 g/mol. The van der Waals surface area contributed by atoms with Crippen molar-refractivity contribution in [3.63, 3.8) is 0 Å². The molecule has 3 N–H and O–H groups in total. The molecule has 0 heterocycles. The molecule has 0 aromatic heterocycles. The number of carboxylic acids is 1. The quantitative estimate of drug-likeness (QED) is 0.615. The maximum absolute atomic E-state index is 11.7. The summed E-state index contributed by atoms with van der Waals surface area (Å²) in [6.07, 6.45) is 0.118. The van der Waals surface area contributed by atoms with Crippen molar-refractivity contribution in [1.29, 1.82) is 0 Å². The molecule has 0 saturated carbocycles. The van der Waals surface area contributed by atoms with Gasteiger partial charge < -0.3 is 20.5 Å². The van der Waals surface area contributed by atoms with Crippen LogP contribution in [0.1, 0.15) is 41.5 Å². The van der Waals surface area contributed by atoms with Crippen LogP contribution >= 0.6 is 0 Å². The molecule has 0 aromatic rings. The van der Waals surface area contributed by atoms with Crippen molar-refractivity contribution in [3.05, 3.63) is 0 Å². The van der Waals surface area contributed by atoms with E-state index in [0.29, 0.717) is 13.2 Å². The second-order valence-corrected chi connectivity index (χ2v) is 5.86. The molecule has 0 aliphatic rings. The molecule has 0 saturated heterocycles. The fourth-order valence-electron chi connectivity index (χ4n) is 1.21. The van der Waals surface area contributed by atoms with Crippen molar-refractivity contribution in [2.75, 3.05) is 13.2 Å². The summed E-state index contributed by atoms with van der Waals surface area (Å²) in [7, 11) is 0. The van der Waals surface area contributed by atoms with Gasteiger partial charge in [0.15, 0.2) is 0 Å².